The van der Waals surface area contributed by atoms with E-state index in [-0.39, 0.29) is 0 Å². The number of anilines is 3. The van der Waals surface area contributed by atoms with Crippen molar-refractivity contribution in [3.63, 3.8) is 0 Å². The molecule has 1 amide bonds. The molecule has 0 saturated heterocycles. The predicted octanol–water partition coefficient (Wildman–Crippen LogP) is 4.91. The molecule has 1 heterocycles. The number of carbonyl (C=O) groups is 1. The monoisotopic (exact) mass is 369 g/mol. The summed E-state index contributed by atoms with van der Waals surface area (Å²) >= 11 is 0. The van der Waals surface area contributed by atoms with Crippen molar-refractivity contribution in [1.29, 1.82) is 0 Å². The Morgan fingerprint density at radius 2 is 1.39 bits per heavy atom. The summed E-state index contributed by atoms with van der Waals surface area (Å²) in [5.74, 6) is -0.404. The topological polar surface area (TPSA) is 58.4 Å². The third-order valence-corrected chi connectivity index (χ3v) is 4.95. The Hall–Kier alpha value is -3.53. The van der Waals surface area contributed by atoms with Crippen LogP contribution < -0.4 is 16.0 Å². The van der Waals surface area contributed by atoms with Crippen LogP contribution in [0.5, 0.6) is 0 Å². The van der Waals surface area contributed by atoms with E-state index in [1.54, 1.807) is 12.1 Å². The van der Waals surface area contributed by atoms with Crippen LogP contribution in [0.25, 0.3) is 12.2 Å². The van der Waals surface area contributed by atoms with Gasteiger partial charge >= 0.3 is 0 Å². The quantitative estimate of drug-likeness (QED) is 0.607. The van der Waals surface area contributed by atoms with Gasteiger partial charge in [0.05, 0.1) is 0 Å². The van der Waals surface area contributed by atoms with Crippen LogP contribution in [0, 0.1) is 0 Å². The lowest BCUT2D eigenvalue weighted by Gasteiger charge is -2.27. The van der Waals surface area contributed by atoms with Crippen LogP contribution >= 0.6 is 0 Å². The van der Waals surface area contributed by atoms with Crippen molar-refractivity contribution < 1.29 is 4.79 Å². The van der Waals surface area contributed by atoms with Crippen molar-refractivity contribution in [2.24, 2.45) is 5.73 Å². The van der Waals surface area contributed by atoms with Gasteiger partial charge in [0.2, 0.25) is 5.91 Å². The minimum Gasteiger partial charge on any atom is -0.385 e. The Morgan fingerprint density at radius 1 is 0.821 bits per heavy atom. The first kappa shape index (κ1) is 17.9. The predicted molar refractivity (Wildman–Crippen MR) is 117 cm³/mol. The van der Waals surface area contributed by atoms with Gasteiger partial charge in [0.1, 0.15) is 0 Å². The first-order valence-electron chi connectivity index (χ1n) is 9.50. The first-order chi connectivity index (χ1) is 13.7. The zero-order valence-electron chi connectivity index (χ0n) is 15.6. The summed E-state index contributed by atoms with van der Waals surface area (Å²) in [4.78, 5) is 13.6. The lowest BCUT2D eigenvalue weighted by Crippen LogP contribution is -2.21. The number of carbonyl (C=O) groups excluding carboxylic acids is 1. The fourth-order valence-electron chi connectivity index (χ4n) is 3.52. The number of fused-ring (bicyclic) bond motifs is 2. The second-order valence-corrected chi connectivity index (χ2v) is 6.82. The fraction of sp³-hybridized carbons (Fsp3) is 0.125. The highest BCUT2D eigenvalue weighted by atomic mass is 16.1. The van der Waals surface area contributed by atoms with Crippen LogP contribution in [-0.2, 0) is 0 Å². The van der Waals surface area contributed by atoms with Crippen LogP contribution in [0.1, 0.15) is 27.9 Å². The Labute approximate surface area is 165 Å². The molecule has 4 rings (SSSR count). The normalized spacial score (nSPS) is 12.1. The van der Waals surface area contributed by atoms with E-state index in [0.717, 1.165) is 25.2 Å². The number of para-hydroxylation sites is 2. The standard InChI is InChI=1S/C24H23N3O/c25-24(28)20-12-14-21(15-13-20)26-16-5-17-27-22-8-3-1-6-18(22)10-11-19-7-2-4-9-23(19)27/h1-4,6-15,26H,5,16-17H2,(H2,25,28). The van der Waals surface area contributed by atoms with E-state index >= 15 is 0 Å². The van der Waals surface area contributed by atoms with E-state index in [4.69, 9.17) is 5.73 Å². The summed E-state index contributed by atoms with van der Waals surface area (Å²) in [5.41, 5.74) is 11.7. The maximum atomic E-state index is 11.2. The summed E-state index contributed by atoms with van der Waals surface area (Å²) in [6.07, 6.45) is 5.35. The zero-order chi connectivity index (χ0) is 19.3. The number of hydrogen-bond donors (Lipinski definition) is 2. The molecule has 1 aliphatic rings. The molecule has 4 heteroatoms. The molecule has 0 bridgehead atoms. The smallest absolute Gasteiger partial charge is 0.248 e. The summed E-state index contributed by atoms with van der Waals surface area (Å²) in [6.45, 7) is 1.74. The Kier molecular flexibility index (Phi) is 5.11. The van der Waals surface area contributed by atoms with Gasteiger partial charge in [-0.15, -0.1) is 0 Å². The highest BCUT2D eigenvalue weighted by Gasteiger charge is 2.16. The molecular formula is C24H23N3O. The van der Waals surface area contributed by atoms with E-state index in [9.17, 15) is 4.79 Å². The van der Waals surface area contributed by atoms with Gasteiger partial charge in [-0.1, -0.05) is 48.6 Å². The highest BCUT2D eigenvalue weighted by molar-refractivity contribution is 5.93. The van der Waals surface area contributed by atoms with Crippen LogP contribution in [0.2, 0.25) is 0 Å². The number of rotatable bonds is 6. The molecule has 3 aromatic rings. The lowest BCUT2D eigenvalue weighted by molar-refractivity contribution is 0.100. The average Bonchev–Trinajstić information content (AvgIpc) is 2.89. The van der Waals surface area contributed by atoms with Gasteiger partial charge in [0.25, 0.3) is 0 Å². The van der Waals surface area contributed by atoms with Crippen LogP contribution in [0.3, 0.4) is 0 Å². The largest absolute Gasteiger partial charge is 0.385 e. The molecule has 0 aromatic heterocycles. The molecule has 28 heavy (non-hydrogen) atoms. The third-order valence-electron chi connectivity index (χ3n) is 4.95. The van der Waals surface area contributed by atoms with Gasteiger partial charge in [-0.2, -0.15) is 0 Å². The second kappa shape index (κ2) is 8.01. The minimum absolute atomic E-state index is 0.404. The number of benzene rings is 3. The van der Waals surface area contributed by atoms with Gasteiger partial charge in [-0.3, -0.25) is 4.79 Å². The molecular weight excluding hydrogens is 346 g/mol. The highest BCUT2D eigenvalue weighted by Crippen LogP contribution is 2.36. The number of primary amides is 1. The van der Waals surface area contributed by atoms with E-state index < -0.39 is 5.91 Å². The van der Waals surface area contributed by atoms with Gasteiger partial charge in [0.15, 0.2) is 0 Å². The SMILES string of the molecule is NC(=O)c1ccc(NCCCN2c3ccccc3C=Cc3ccccc32)cc1. The maximum absolute atomic E-state index is 11.2. The molecule has 0 atom stereocenters. The number of nitrogens with zero attached hydrogens (tertiary/aromatic N) is 1. The first-order valence-corrected chi connectivity index (χ1v) is 9.50. The van der Waals surface area contributed by atoms with E-state index in [2.05, 4.69) is 70.9 Å². The van der Waals surface area contributed by atoms with Crippen molar-refractivity contribution in [2.75, 3.05) is 23.3 Å². The van der Waals surface area contributed by atoms with Gasteiger partial charge in [0, 0.05) is 35.7 Å². The summed E-state index contributed by atoms with van der Waals surface area (Å²) in [5, 5.41) is 3.42. The molecule has 0 aliphatic carbocycles. The molecule has 1 aliphatic heterocycles. The van der Waals surface area contributed by atoms with Gasteiger partial charge in [-0.25, -0.2) is 0 Å². The fourth-order valence-corrected chi connectivity index (χ4v) is 3.52. The molecule has 3 aromatic carbocycles. The average molecular weight is 369 g/mol. The molecule has 4 nitrogen and oxygen atoms in total. The van der Waals surface area contributed by atoms with E-state index in [1.165, 1.54) is 22.5 Å². The number of hydrogen-bond acceptors (Lipinski definition) is 3. The molecule has 0 radical (unpaired) electrons. The number of nitrogens with one attached hydrogen (secondary N) is 1. The Morgan fingerprint density at radius 3 is 1.96 bits per heavy atom. The number of nitrogens with two attached hydrogens (primary N) is 1. The Balaban J connectivity index is 1.46. The Bertz CT molecular complexity index is 959. The molecule has 140 valence electrons. The molecule has 3 N–H and O–H groups in total. The molecule has 0 saturated carbocycles. The summed E-state index contributed by atoms with van der Waals surface area (Å²) in [6, 6.07) is 24.3. The lowest BCUT2D eigenvalue weighted by atomic mass is 10.1. The second-order valence-electron chi connectivity index (χ2n) is 6.82. The van der Waals surface area contributed by atoms with Crippen molar-refractivity contribution in [1.82, 2.24) is 0 Å². The third kappa shape index (κ3) is 3.76. The number of amides is 1. The van der Waals surface area contributed by atoms with Crippen molar-refractivity contribution in [3.8, 4) is 0 Å². The maximum Gasteiger partial charge on any atom is 0.248 e. The molecule has 0 spiro atoms. The van der Waals surface area contributed by atoms with Gasteiger partial charge in [-0.05, 0) is 53.9 Å². The van der Waals surface area contributed by atoms with E-state index in [0.29, 0.717) is 5.56 Å². The summed E-state index contributed by atoms with van der Waals surface area (Å²) in [7, 11) is 0. The van der Waals surface area contributed by atoms with Crippen LogP contribution in [-0.4, -0.2) is 19.0 Å². The van der Waals surface area contributed by atoms with Gasteiger partial charge < -0.3 is 16.0 Å². The molecule has 0 fully saturated rings. The van der Waals surface area contributed by atoms with Crippen molar-refractivity contribution in [3.05, 3.63) is 89.5 Å². The van der Waals surface area contributed by atoms with Crippen molar-refractivity contribution >= 4 is 35.1 Å². The summed E-state index contributed by atoms with van der Waals surface area (Å²) < 4.78 is 0. The minimum atomic E-state index is -0.404. The van der Waals surface area contributed by atoms with Crippen LogP contribution in [0.15, 0.2) is 72.8 Å². The van der Waals surface area contributed by atoms with Crippen LogP contribution in [0.4, 0.5) is 17.1 Å². The van der Waals surface area contributed by atoms with Crippen molar-refractivity contribution in [2.45, 2.75) is 6.42 Å². The molecule has 0 unspecified atom stereocenters. The van der Waals surface area contributed by atoms with E-state index in [1.807, 2.05) is 12.1 Å². The zero-order valence-corrected chi connectivity index (χ0v) is 15.6.